The van der Waals surface area contributed by atoms with Gasteiger partial charge in [-0.25, -0.2) is 22.0 Å². The van der Waals surface area contributed by atoms with Crippen molar-refractivity contribution in [1.29, 1.82) is 0 Å². The zero-order valence-corrected chi connectivity index (χ0v) is 18.3. The zero-order chi connectivity index (χ0) is 24.7. The van der Waals surface area contributed by atoms with Gasteiger partial charge in [0.1, 0.15) is 5.82 Å². The number of fused-ring (bicyclic) bond motifs is 1. The van der Waals surface area contributed by atoms with Gasteiger partial charge in [0.25, 0.3) is 5.91 Å². The Labute approximate surface area is 196 Å². The first-order valence-electron chi connectivity index (χ1n) is 11.0. The monoisotopic (exact) mass is 489 g/mol. The first-order valence-corrected chi connectivity index (χ1v) is 11.0. The lowest BCUT2D eigenvalue weighted by Gasteiger charge is -2.28. The van der Waals surface area contributed by atoms with Crippen molar-refractivity contribution in [2.75, 3.05) is 5.32 Å². The summed E-state index contributed by atoms with van der Waals surface area (Å²) in [4.78, 5) is 19.6. The molecule has 5 rings (SSSR count). The third-order valence-corrected chi connectivity index (χ3v) is 6.24. The highest BCUT2D eigenvalue weighted by Gasteiger charge is 2.36. The molecule has 3 heterocycles. The van der Waals surface area contributed by atoms with E-state index in [2.05, 4.69) is 20.4 Å². The molecule has 0 spiro atoms. The van der Waals surface area contributed by atoms with Gasteiger partial charge in [0.2, 0.25) is 5.92 Å². The number of nitrogens with one attached hydrogen (secondary N) is 2. The van der Waals surface area contributed by atoms with Gasteiger partial charge in [0, 0.05) is 48.8 Å². The molecule has 1 amide bonds. The van der Waals surface area contributed by atoms with Crippen molar-refractivity contribution >= 4 is 22.5 Å². The fraction of sp³-hybridized carbons (Fsp3) is 0.292. The minimum absolute atomic E-state index is 0.137. The molecule has 0 aliphatic heterocycles. The molecule has 1 fully saturated rings. The number of anilines is 1. The lowest BCUT2D eigenvalue weighted by molar-refractivity contribution is -0.0387. The maximum absolute atomic E-state index is 14.7. The Bertz CT molecular complexity index is 1400. The van der Waals surface area contributed by atoms with Crippen LogP contribution in [-0.4, -0.2) is 31.6 Å². The van der Waals surface area contributed by atoms with E-state index in [-0.39, 0.29) is 55.1 Å². The van der Waals surface area contributed by atoms with Gasteiger partial charge in [-0.1, -0.05) is 0 Å². The van der Waals surface area contributed by atoms with Gasteiger partial charge in [-0.2, -0.15) is 5.10 Å². The standard InChI is InChI=1S/C24H20F5N5O/c25-17-6-16-20(7-18(17)26)30-10-21(16)33-23(35)15-9-32-34(12-15)11-13-5-19(27)22(31-8-13)14-1-3-24(28,29)4-2-14/h5-10,12,14,30H,1-4,11H2,(H,33,35). The van der Waals surface area contributed by atoms with Crippen molar-refractivity contribution in [1.82, 2.24) is 19.7 Å². The van der Waals surface area contributed by atoms with E-state index in [1.807, 2.05) is 0 Å². The molecule has 4 aromatic rings. The molecular formula is C24H20F5N5O. The fourth-order valence-corrected chi connectivity index (χ4v) is 4.36. The summed E-state index contributed by atoms with van der Waals surface area (Å²) in [5.41, 5.74) is 1.50. The van der Waals surface area contributed by atoms with Gasteiger partial charge >= 0.3 is 0 Å². The number of aromatic nitrogens is 4. The van der Waals surface area contributed by atoms with Crippen LogP contribution in [0.25, 0.3) is 10.9 Å². The number of hydrogen-bond donors (Lipinski definition) is 2. The Kier molecular flexibility index (Phi) is 5.78. The second-order valence-corrected chi connectivity index (χ2v) is 8.74. The number of benzene rings is 1. The van der Waals surface area contributed by atoms with Crippen LogP contribution in [0.2, 0.25) is 0 Å². The average Bonchev–Trinajstić information content (AvgIpc) is 3.42. The molecule has 1 saturated carbocycles. The highest BCUT2D eigenvalue weighted by Crippen LogP contribution is 2.41. The summed E-state index contributed by atoms with van der Waals surface area (Å²) in [5, 5.41) is 7.05. The zero-order valence-electron chi connectivity index (χ0n) is 18.3. The average molecular weight is 489 g/mol. The number of carbonyl (C=O) groups is 1. The number of hydrogen-bond acceptors (Lipinski definition) is 3. The van der Waals surface area contributed by atoms with Crippen LogP contribution in [0.15, 0.2) is 43.0 Å². The Morgan fingerprint density at radius 3 is 2.57 bits per heavy atom. The summed E-state index contributed by atoms with van der Waals surface area (Å²) in [7, 11) is 0. The second-order valence-electron chi connectivity index (χ2n) is 8.74. The van der Waals surface area contributed by atoms with Crippen molar-refractivity contribution in [2.24, 2.45) is 0 Å². The van der Waals surface area contributed by atoms with Gasteiger partial charge in [-0.3, -0.25) is 14.5 Å². The molecule has 182 valence electrons. The molecule has 3 aromatic heterocycles. The van der Waals surface area contributed by atoms with E-state index in [4.69, 9.17) is 0 Å². The quantitative estimate of drug-likeness (QED) is 0.350. The van der Waals surface area contributed by atoms with Gasteiger partial charge in [0.15, 0.2) is 11.6 Å². The van der Waals surface area contributed by atoms with E-state index in [9.17, 15) is 26.7 Å². The molecule has 1 aromatic carbocycles. The molecule has 0 saturated heterocycles. The van der Waals surface area contributed by atoms with Crippen molar-refractivity contribution in [2.45, 2.75) is 44.1 Å². The molecule has 0 radical (unpaired) electrons. The highest BCUT2D eigenvalue weighted by atomic mass is 19.3. The molecule has 35 heavy (non-hydrogen) atoms. The third-order valence-electron chi connectivity index (χ3n) is 6.24. The maximum Gasteiger partial charge on any atom is 0.258 e. The third kappa shape index (κ3) is 4.75. The first kappa shape index (κ1) is 23.0. The topological polar surface area (TPSA) is 75.6 Å². The smallest absolute Gasteiger partial charge is 0.258 e. The van der Waals surface area contributed by atoms with Crippen LogP contribution in [0, 0.1) is 17.5 Å². The van der Waals surface area contributed by atoms with Gasteiger partial charge in [-0.15, -0.1) is 0 Å². The SMILES string of the molecule is O=C(Nc1c[nH]c2cc(F)c(F)cc12)c1cnn(Cc2cnc(C3CCC(F)(F)CC3)c(F)c2)c1. The minimum atomic E-state index is -2.70. The summed E-state index contributed by atoms with van der Waals surface area (Å²) < 4.78 is 69.8. The number of alkyl halides is 2. The van der Waals surface area contributed by atoms with Crippen LogP contribution >= 0.6 is 0 Å². The van der Waals surface area contributed by atoms with E-state index in [0.29, 0.717) is 16.5 Å². The predicted molar refractivity (Wildman–Crippen MR) is 118 cm³/mol. The van der Waals surface area contributed by atoms with E-state index in [1.54, 1.807) is 0 Å². The number of rotatable bonds is 5. The Morgan fingerprint density at radius 1 is 1.09 bits per heavy atom. The summed E-state index contributed by atoms with van der Waals surface area (Å²) in [5.74, 6) is -6.13. The molecule has 11 heteroatoms. The molecule has 0 bridgehead atoms. The van der Waals surface area contributed by atoms with Crippen LogP contribution in [0.3, 0.4) is 0 Å². The number of nitrogens with zero attached hydrogens (tertiary/aromatic N) is 3. The molecule has 0 unspecified atom stereocenters. The highest BCUT2D eigenvalue weighted by molar-refractivity contribution is 6.08. The van der Waals surface area contributed by atoms with Crippen molar-refractivity contribution in [3.8, 4) is 0 Å². The van der Waals surface area contributed by atoms with Crippen LogP contribution in [0.4, 0.5) is 27.6 Å². The van der Waals surface area contributed by atoms with Crippen molar-refractivity contribution in [3.05, 3.63) is 77.3 Å². The molecule has 2 N–H and O–H groups in total. The van der Waals surface area contributed by atoms with E-state index in [1.165, 1.54) is 35.5 Å². The van der Waals surface area contributed by atoms with E-state index < -0.39 is 29.3 Å². The Hall–Kier alpha value is -3.76. The second kappa shape index (κ2) is 8.79. The van der Waals surface area contributed by atoms with E-state index in [0.717, 1.165) is 12.1 Å². The lowest BCUT2D eigenvalue weighted by atomic mass is 9.84. The van der Waals surface area contributed by atoms with Gasteiger partial charge < -0.3 is 10.3 Å². The summed E-state index contributed by atoms with van der Waals surface area (Å²) >= 11 is 0. The van der Waals surface area contributed by atoms with Crippen LogP contribution in [0.5, 0.6) is 0 Å². The number of halogens is 5. The molecule has 6 nitrogen and oxygen atoms in total. The largest absolute Gasteiger partial charge is 0.359 e. The van der Waals surface area contributed by atoms with Crippen LogP contribution in [0.1, 0.15) is 53.2 Å². The fourth-order valence-electron chi connectivity index (χ4n) is 4.36. The number of pyridine rings is 1. The maximum atomic E-state index is 14.7. The molecule has 1 aliphatic rings. The van der Waals surface area contributed by atoms with Crippen LogP contribution in [-0.2, 0) is 6.54 Å². The first-order chi connectivity index (χ1) is 16.7. The molecular weight excluding hydrogens is 469 g/mol. The van der Waals surface area contributed by atoms with Crippen molar-refractivity contribution < 1.29 is 26.7 Å². The molecule has 1 aliphatic carbocycles. The minimum Gasteiger partial charge on any atom is -0.359 e. The summed E-state index contributed by atoms with van der Waals surface area (Å²) in [6.45, 7) is 0.137. The van der Waals surface area contributed by atoms with Gasteiger partial charge in [0.05, 0.1) is 35.2 Å². The molecule has 0 atom stereocenters. The van der Waals surface area contributed by atoms with E-state index >= 15 is 0 Å². The number of amides is 1. The normalized spacial score (nSPS) is 16.0. The van der Waals surface area contributed by atoms with Gasteiger partial charge in [-0.05, 0) is 30.5 Å². The number of aromatic amines is 1. The summed E-state index contributed by atoms with van der Waals surface area (Å²) in [6.07, 6.45) is 5.51. The number of carbonyl (C=O) groups excluding carboxylic acids is 1. The van der Waals surface area contributed by atoms with Crippen LogP contribution < -0.4 is 5.32 Å². The Balaban J connectivity index is 1.26. The lowest BCUT2D eigenvalue weighted by Crippen LogP contribution is -2.24. The number of H-pyrrole nitrogens is 1. The Morgan fingerprint density at radius 2 is 1.83 bits per heavy atom. The van der Waals surface area contributed by atoms with Crippen molar-refractivity contribution in [3.63, 3.8) is 0 Å². The summed E-state index contributed by atoms with van der Waals surface area (Å²) in [6, 6.07) is 3.29. The predicted octanol–water partition coefficient (Wildman–Crippen LogP) is 5.77.